The van der Waals surface area contributed by atoms with Gasteiger partial charge in [-0.2, -0.15) is 0 Å². The molecular weight excluding hydrogens is 419 g/mol. The second-order valence-electron chi connectivity index (χ2n) is 6.58. The normalized spacial score (nSPS) is 17.8. The third kappa shape index (κ3) is 5.76. The highest BCUT2D eigenvalue weighted by atomic mass is 32.5. The first kappa shape index (κ1) is 21.2. The van der Waals surface area contributed by atoms with Gasteiger partial charge in [-0.05, 0) is 30.5 Å². The van der Waals surface area contributed by atoms with E-state index in [2.05, 4.69) is 15.3 Å². The number of nitrogens with zero attached hydrogens (tertiary/aromatic N) is 3. The van der Waals surface area contributed by atoms with Gasteiger partial charge in [-0.15, -0.1) is 0 Å². The lowest BCUT2D eigenvalue weighted by Crippen LogP contribution is -2.32. The molecule has 0 atom stereocenters. The Hall–Kier alpha value is -2.47. The van der Waals surface area contributed by atoms with Gasteiger partial charge in [-0.25, -0.2) is 9.97 Å². The summed E-state index contributed by atoms with van der Waals surface area (Å²) >= 11 is 0. The summed E-state index contributed by atoms with van der Waals surface area (Å²) in [5.41, 5.74) is 0.227. The quantitative estimate of drug-likeness (QED) is 0.669. The largest absolute Gasteiger partial charge is 0.361 e. The first-order valence-corrected chi connectivity index (χ1v) is 10.6. The number of carbonyl (C=O) groups is 1. The number of benzene rings is 1. The van der Waals surface area contributed by atoms with Gasteiger partial charge in [-0.3, -0.25) is 4.79 Å². The van der Waals surface area contributed by atoms with Gasteiger partial charge in [0.1, 0.15) is 11.6 Å². The van der Waals surface area contributed by atoms with Crippen LogP contribution in [0, 0.1) is 0 Å². The third-order valence-corrected chi connectivity index (χ3v) is 5.34. The van der Waals surface area contributed by atoms with Crippen LogP contribution in [0.1, 0.15) is 28.8 Å². The van der Waals surface area contributed by atoms with Crippen molar-refractivity contribution in [1.82, 2.24) is 14.9 Å². The molecule has 1 aliphatic heterocycles. The van der Waals surface area contributed by atoms with Gasteiger partial charge >= 0.3 is 10.2 Å². The van der Waals surface area contributed by atoms with Gasteiger partial charge in [0, 0.05) is 32.1 Å². The Bertz CT molecular complexity index is 885. The third-order valence-electron chi connectivity index (χ3n) is 4.19. The van der Waals surface area contributed by atoms with E-state index in [1.807, 2.05) is 0 Å². The van der Waals surface area contributed by atoms with Crippen LogP contribution in [0.5, 0.6) is 0 Å². The van der Waals surface area contributed by atoms with Crippen molar-refractivity contribution in [2.45, 2.75) is 24.3 Å². The lowest BCUT2D eigenvalue weighted by molar-refractivity contribution is 0.0368. The molecule has 12 heteroatoms. The van der Waals surface area contributed by atoms with Crippen LogP contribution in [0.3, 0.4) is 0 Å². The Morgan fingerprint density at radius 1 is 1.14 bits per heavy atom. The molecule has 0 unspecified atom stereocenters. The van der Waals surface area contributed by atoms with Crippen LogP contribution in [0.15, 0.2) is 41.6 Å². The SMILES string of the molecule is O=C(c1cnc(NCc2cccc(S(F)(F)(F)(F)F)c2)nc1)N1CCCCOC1. The number of halogens is 5. The van der Waals surface area contributed by atoms with Crippen LogP contribution in [0.4, 0.5) is 25.4 Å². The molecule has 0 saturated carbocycles. The summed E-state index contributed by atoms with van der Waals surface area (Å²) in [5, 5.41) is 2.65. The Morgan fingerprint density at radius 2 is 1.86 bits per heavy atom. The molecule has 2 aromatic rings. The molecule has 0 bridgehead atoms. The molecule has 0 spiro atoms. The molecule has 29 heavy (non-hydrogen) atoms. The topological polar surface area (TPSA) is 67.4 Å². The van der Waals surface area contributed by atoms with Crippen molar-refractivity contribution in [3.05, 3.63) is 47.8 Å². The van der Waals surface area contributed by atoms with Crippen molar-refractivity contribution in [3.63, 3.8) is 0 Å². The van der Waals surface area contributed by atoms with Crippen molar-refractivity contribution in [2.24, 2.45) is 0 Å². The highest BCUT2D eigenvalue weighted by molar-refractivity contribution is 8.45. The summed E-state index contributed by atoms with van der Waals surface area (Å²) in [6.45, 7) is 1.13. The lowest BCUT2D eigenvalue weighted by atomic mass is 10.2. The van der Waals surface area contributed by atoms with Crippen molar-refractivity contribution < 1.29 is 29.0 Å². The minimum Gasteiger partial charge on any atom is -0.361 e. The first-order valence-electron chi connectivity index (χ1n) is 8.68. The van der Waals surface area contributed by atoms with Crippen molar-refractivity contribution in [2.75, 3.05) is 25.2 Å². The molecule has 3 rings (SSSR count). The van der Waals surface area contributed by atoms with Gasteiger partial charge in [0.05, 0.1) is 5.56 Å². The maximum atomic E-state index is 12.9. The molecule has 1 saturated heterocycles. The molecule has 0 aliphatic carbocycles. The fraction of sp³-hybridized carbons (Fsp3) is 0.353. The van der Waals surface area contributed by atoms with E-state index >= 15 is 0 Å². The monoisotopic (exact) mass is 438 g/mol. The molecular formula is C17H19F5N4O2S. The van der Waals surface area contributed by atoms with Crippen LogP contribution >= 0.6 is 10.2 Å². The van der Waals surface area contributed by atoms with E-state index in [-0.39, 0.29) is 36.3 Å². The van der Waals surface area contributed by atoms with Gasteiger partial charge in [0.25, 0.3) is 5.91 Å². The molecule has 0 radical (unpaired) electrons. The van der Waals surface area contributed by atoms with Crippen LogP contribution in [0.2, 0.25) is 0 Å². The number of anilines is 1. The average Bonchev–Trinajstić information content (AvgIpc) is 2.94. The van der Waals surface area contributed by atoms with E-state index in [9.17, 15) is 24.2 Å². The number of hydrogen-bond acceptors (Lipinski definition) is 5. The summed E-state index contributed by atoms with van der Waals surface area (Å²) in [6.07, 6.45) is 4.26. The lowest BCUT2D eigenvalue weighted by Gasteiger charge is -2.40. The number of rotatable bonds is 5. The Balaban J connectivity index is 1.64. The summed E-state index contributed by atoms with van der Waals surface area (Å²) < 4.78 is 69.8. The molecule has 160 valence electrons. The highest BCUT2D eigenvalue weighted by Crippen LogP contribution is 3.02. The maximum absolute atomic E-state index is 12.9. The van der Waals surface area contributed by atoms with Crippen LogP contribution in [-0.4, -0.2) is 40.7 Å². The number of hydrogen-bond donors (Lipinski definition) is 1. The Morgan fingerprint density at radius 3 is 2.55 bits per heavy atom. The molecule has 1 aromatic carbocycles. The van der Waals surface area contributed by atoms with Crippen molar-refractivity contribution >= 4 is 22.1 Å². The van der Waals surface area contributed by atoms with Gasteiger partial charge in [0.15, 0.2) is 0 Å². The fourth-order valence-corrected chi connectivity index (χ4v) is 3.40. The van der Waals surface area contributed by atoms with Crippen molar-refractivity contribution in [3.8, 4) is 0 Å². The minimum atomic E-state index is -9.74. The van der Waals surface area contributed by atoms with Gasteiger partial charge in [0.2, 0.25) is 5.95 Å². The zero-order valence-corrected chi connectivity index (χ0v) is 16.0. The average molecular weight is 438 g/mol. The second-order valence-corrected chi connectivity index (χ2v) is 8.99. The Kier molecular flexibility index (Phi) is 5.20. The predicted octanol–water partition coefficient (Wildman–Crippen LogP) is 4.96. The number of amides is 1. The first-order chi connectivity index (χ1) is 13.4. The summed E-state index contributed by atoms with van der Waals surface area (Å²) in [4.78, 5) is 19.9. The van der Waals surface area contributed by atoms with Crippen LogP contribution < -0.4 is 5.32 Å². The van der Waals surface area contributed by atoms with E-state index in [1.165, 1.54) is 23.4 Å². The fourth-order valence-electron chi connectivity index (χ4n) is 2.70. The van der Waals surface area contributed by atoms with E-state index in [1.54, 1.807) is 0 Å². The summed E-state index contributed by atoms with van der Waals surface area (Å²) in [6, 6.07) is 2.92. The highest BCUT2D eigenvalue weighted by Gasteiger charge is 2.65. The van der Waals surface area contributed by atoms with Gasteiger partial charge < -0.3 is 15.0 Å². The predicted molar refractivity (Wildman–Crippen MR) is 98.3 cm³/mol. The van der Waals surface area contributed by atoms with E-state index in [0.29, 0.717) is 25.3 Å². The maximum Gasteiger partial charge on any atom is 0.310 e. The van der Waals surface area contributed by atoms with Crippen LogP contribution in [0.25, 0.3) is 0 Å². The standard InChI is InChI=1S/C17H19F5N4O2S/c18-29(19,20,21,22)15-5-3-4-13(8-15)9-23-17-24-10-14(11-25-17)16(27)26-6-1-2-7-28-12-26/h3-5,8,10-11H,1-2,6-7,9,12H2,(H,23,24,25). The zero-order valence-electron chi connectivity index (χ0n) is 15.2. The molecule has 6 nitrogen and oxygen atoms in total. The number of nitrogens with one attached hydrogen (secondary N) is 1. The number of carbonyl (C=O) groups excluding carboxylic acids is 1. The van der Waals surface area contributed by atoms with E-state index in [0.717, 1.165) is 18.9 Å². The summed E-state index contributed by atoms with van der Waals surface area (Å²) in [7, 11) is -9.74. The minimum absolute atomic E-state index is 0.0128. The summed E-state index contributed by atoms with van der Waals surface area (Å²) in [5.74, 6) is -0.242. The second kappa shape index (κ2) is 7.10. The smallest absolute Gasteiger partial charge is 0.310 e. The molecule has 1 N–H and O–H groups in total. The van der Waals surface area contributed by atoms with E-state index in [4.69, 9.17) is 4.74 Å². The van der Waals surface area contributed by atoms with Crippen molar-refractivity contribution in [1.29, 1.82) is 0 Å². The van der Waals surface area contributed by atoms with Gasteiger partial charge in [-0.1, -0.05) is 31.6 Å². The zero-order chi connectivity index (χ0) is 21.2. The molecule has 1 aromatic heterocycles. The number of ether oxygens (including phenoxy) is 1. The molecule has 1 aliphatic rings. The molecule has 1 fully saturated rings. The molecule has 1 amide bonds. The molecule has 2 heterocycles. The number of aromatic nitrogens is 2. The Labute approximate surface area is 163 Å². The van der Waals surface area contributed by atoms with E-state index < -0.39 is 15.1 Å². The van der Waals surface area contributed by atoms with Crippen LogP contribution in [-0.2, 0) is 11.3 Å².